The second-order valence-corrected chi connectivity index (χ2v) is 9.24. The van der Waals surface area contributed by atoms with E-state index < -0.39 is 20.2 Å². The average molecular weight is 356 g/mol. The van der Waals surface area contributed by atoms with Crippen LogP contribution in [0.2, 0.25) is 0 Å². The number of unbranched alkanes of at least 4 members (excludes halogenated alkanes) is 3. The molecule has 132 valence electrons. The van der Waals surface area contributed by atoms with Gasteiger partial charge in [0, 0.05) is 0 Å². The van der Waals surface area contributed by atoms with Crippen LogP contribution in [0, 0.1) is 0 Å². The summed E-state index contributed by atoms with van der Waals surface area (Å²) in [6, 6.07) is 0. The number of rotatable bonds is 14. The molecule has 0 saturated carbocycles. The van der Waals surface area contributed by atoms with E-state index >= 15 is 0 Å². The molecule has 1 N–H and O–H groups in total. The summed E-state index contributed by atoms with van der Waals surface area (Å²) in [5, 5.41) is -0.469. The van der Waals surface area contributed by atoms with Crippen LogP contribution in [-0.4, -0.2) is 24.7 Å². The van der Waals surface area contributed by atoms with E-state index in [1.807, 2.05) is 20.8 Å². The minimum Gasteiger partial charge on any atom is -0.321 e. The molecular weight excluding hydrogens is 326 g/mol. The maximum Gasteiger partial charge on any atom is 0.368 e. The zero-order valence-corrected chi connectivity index (χ0v) is 15.7. The van der Waals surface area contributed by atoms with Gasteiger partial charge in [-0.15, -0.1) is 0 Å². The maximum atomic E-state index is 12.8. The van der Waals surface area contributed by atoms with Crippen molar-refractivity contribution in [2.45, 2.75) is 59.3 Å². The van der Waals surface area contributed by atoms with Gasteiger partial charge in [0.1, 0.15) is 5.06 Å². The normalized spacial score (nSPS) is 14.7. The highest BCUT2D eigenvalue weighted by Gasteiger charge is 2.41. The van der Waals surface area contributed by atoms with Crippen LogP contribution >= 0.6 is 15.2 Å². The molecule has 8 heteroatoms. The summed E-state index contributed by atoms with van der Waals surface area (Å²) in [7, 11) is -8.11. The van der Waals surface area contributed by atoms with E-state index in [1.54, 1.807) is 0 Å². The molecule has 0 bridgehead atoms. The Labute approximate surface area is 134 Å². The highest BCUT2D eigenvalue weighted by molar-refractivity contribution is 7.78. The number of hydrogen-bond acceptors (Lipinski definition) is 5. The predicted molar refractivity (Wildman–Crippen MR) is 89.2 cm³/mol. The third-order valence-corrected chi connectivity index (χ3v) is 7.28. The first kappa shape index (κ1) is 22.0. The first-order valence-electron chi connectivity index (χ1n) is 7.90. The van der Waals surface area contributed by atoms with Crippen LogP contribution in [0.15, 0.2) is 11.6 Å². The van der Waals surface area contributed by atoms with Crippen molar-refractivity contribution in [3.63, 3.8) is 0 Å². The lowest BCUT2D eigenvalue weighted by molar-refractivity contribution is 0.204. The van der Waals surface area contributed by atoms with Crippen molar-refractivity contribution in [3.8, 4) is 0 Å². The van der Waals surface area contributed by atoms with Crippen LogP contribution < -0.4 is 0 Å². The van der Waals surface area contributed by atoms with Crippen molar-refractivity contribution in [1.82, 2.24) is 0 Å². The molecule has 0 aliphatic heterocycles. The summed E-state index contributed by atoms with van der Waals surface area (Å²) in [6.07, 6.45) is 4.53. The molecule has 22 heavy (non-hydrogen) atoms. The van der Waals surface area contributed by atoms with Crippen LogP contribution in [0.5, 0.6) is 0 Å². The monoisotopic (exact) mass is 356 g/mol. The molecule has 0 aromatic rings. The van der Waals surface area contributed by atoms with E-state index in [0.29, 0.717) is 19.3 Å². The van der Waals surface area contributed by atoms with Crippen molar-refractivity contribution < 1.29 is 27.6 Å². The third kappa shape index (κ3) is 8.05. The largest absolute Gasteiger partial charge is 0.368 e. The lowest BCUT2D eigenvalue weighted by atomic mass is 10.4. The van der Waals surface area contributed by atoms with Crippen LogP contribution in [-0.2, 0) is 22.7 Å². The highest BCUT2D eigenvalue weighted by Crippen LogP contribution is 2.71. The molecular formula is C14H30O6P2. The second kappa shape index (κ2) is 11.6. The summed E-state index contributed by atoms with van der Waals surface area (Å²) in [4.78, 5) is 9.96. The van der Waals surface area contributed by atoms with Crippen molar-refractivity contribution in [3.05, 3.63) is 11.6 Å². The Hall–Kier alpha value is 0.0400. The van der Waals surface area contributed by atoms with Gasteiger partial charge in [-0.2, -0.15) is 0 Å². The Morgan fingerprint density at radius 2 is 1.23 bits per heavy atom. The first-order chi connectivity index (χ1) is 10.3. The summed E-state index contributed by atoms with van der Waals surface area (Å²) in [6.45, 7) is 9.83. The molecule has 0 radical (unpaired) electrons. The molecule has 0 aliphatic rings. The quantitative estimate of drug-likeness (QED) is 0.336. The fourth-order valence-electron chi connectivity index (χ4n) is 1.41. The third-order valence-electron chi connectivity index (χ3n) is 2.92. The van der Waals surface area contributed by atoms with Crippen LogP contribution in [0.25, 0.3) is 0 Å². The van der Waals surface area contributed by atoms with E-state index in [2.05, 4.69) is 6.58 Å². The lowest BCUT2D eigenvalue weighted by Gasteiger charge is -2.23. The Bertz CT molecular complexity index is 396. The highest BCUT2D eigenvalue weighted by atomic mass is 31.2. The summed E-state index contributed by atoms with van der Waals surface area (Å²) < 4.78 is 40.5. The molecule has 0 saturated heterocycles. The fourth-order valence-corrected chi connectivity index (χ4v) is 4.80. The van der Waals surface area contributed by atoms with E-state index in [-0.39, 0.29) is 19.8 Å². The Kier molecular flexibility index (Phi) is 11.6. The van der Waals surface area contributed by atoms with Crippen molar-refractivity contribution in [1.29, 1.82) is 0 Å². The first-order valence-corrected chi connectivity index (χ1v) is 11.0. The van der Waals surface area contributed by atoms with Crippen LogP contribution in [0.1, 0.15) is 59.3 Å². The van der Waals surface area contributed by atoms with Gasteiger partial charge in [-0.3, -0.25) is 9.13 Å². The van der Waals surface area contributed by atoms with Gasteiger partial charge >= 0.3 is 15.2 Å². The minimum absolute atomic E-state index is 0.104. The van der Waals surface area contributed by atoms with Crippen LogP contribution in [0.3, 0.4) is 0 Å². The topological polar surface area (TPSA) is 82.1 Å². The minimum atomic E-state index is -4.24. The smallest absolute Gasteiger partial charge is 0.321 e. The molecule has 0 rings (SSSR count). The molecule has 0 amide bonds. The fraction of sp³-hybridized carbons (Fsp3) is 0.857. The van der Waals surface area contributed by atoms with Crippen LogP contribution in [0.4, 0.5) is 0 Å². The van der Waals surface area contributed by atoms with E-state index in [4.69, 9.17) is 13.6 Å². The van der Waals surface area contributed by atoms with E-state index in [0.717, 1.165) is 19.3 Å². The SMILES string of the molecule is C=C(P(=O)(O)OCCCC)P(=O)(OCCCC)OCCCC. The van der Waals surface area contributed by atoms with E-state index in [9.17, 15) is 14.0 Å². The zero-order valence-electron chi connectivity index (χ0n) is 14.0. The zero-order chi connectivity index (χ0) is 17.1. The molecule has 0 aromatic heterocycles. The maximum absolute atomic E-state index is 12.8. The molecule has 0 heterocycles. The van der Waals surface area contributed by atoms with Gasteiger partial charge in [0.15, 0.2) is 0 Å². The molecule has 6 nitrogen and oxygen atoms in total. The van der Waals surface area contributed by atoms with Gasteiger partial charge in [-0.25, -0.2) is 0 Å². The molecule has 0 aliphatic carbocycles. The van der Waals surface area contributed by atoms with Gasteiger partial charge in [-0.1, -0.05) is 46.6 Å². The molecule has 1 atom stereocenters. The molecule has 1 unspecified atom stereocenters. The average Bonchev–Trinajstić information content (AvgIpc) is 2.47. The van der Waals surface area contributed by atoms with Gasteiger partial charge in [-0.05, 0) is 19.3 Å². The molecule has 0 fully saturated rings. The Balaban J connectivity index is 4.91. The predicted octanol–water partition coefficient (Wildman–Crippen LogP) is 5.29. The van der Waals surface area contributed by atoms with Crippen molar-refractivity contribution in [2.24, 2.45) is 0 Å². The van der Waals surface area contributed by atoms with Gasteiger partial charge < -0.3 is 18.5 Å². The molecule has 0 spiro atoms. The summed E-state index contributed by atoms with van der Waals surface area (Å²) in [5.74, 6) is 0. The van der Waals surface area contributed by atoms with Crippen molar-refractivity contribution in [2.75, 3.05) is 19.8 Å². The van der Waals surface area contributed by atoms with Crippen molar-refractivity contribution >= 4 is 15.2 Å². The second-order valence-electron chi connectivity index (χ2n) is 4.99. The standard InChI is InChI=1S/C14H30O6P2/c1-5-8-11-18-21(15,16)14(4)22(17,19-12-9-6-2)20-13-10-7-3/h4-13H2,1-3H3,(H,15,16). The Morgan fingerprint density at radius 1 is 0.864 bits per heavy atom. The van der Waals surface area contributed by atoms with Gasteiger partial charge in [0.05, 0.1) is 19.8 Å². The number of hydrogen-bond donors (Lipinski definition) is 1. The van der Waals surface area contributed by atoms with Gasteiger partial charge in [0.2, 0.25) is 0 Å². The summed E-state index contributed by atoms with van der Waals surface area (Å²) in [5.41, 5.74) is 0. The Morgan fingerprint density at radius 3 is 1.59 bits per heavy atom. The summed E-state index contributed by atoms with van der Waals surface area (Å²) >= 11 is 0. The molecule has 0 aromatic carbocycles. The van der Waals surface area contributed by atoms with E-state index in [1.165, 1.54) is 0 Å². The lowest BCUT2D eigenvalue weighted by Crippen LogP contribution is -2.04. The van der Waals surface area contributed by atoms with Gasteiger partial charge in [0.25, 0.3) is 0 Å².